The average Bonchev–Trinajstić information content (AvgIpc) is 3.20. The largest absolute Gasteiger partial charge is 0.309 e. The first-order chi connectivity index (χ1) is 19.1. The highest BCUT2D eigenvalue weighted by Crippen LogP contribution is 2.39. The normalized spacial score (nSPS) is 11.7. The van der Waals surface area contributed by atoms with E-state index >= 15 is 0 Å². The zero-order chi connectivity index (χ0) is 28.3. The van der Waals surface area contributed by atoms with Crippen molar-refractivity contribution in [2.24, 2.45) is 0 Å². The topological polar surface area (TPSA) is 4.93 Å². The van der Waals surface area contributed by atoms with Gasteiger partial charge in [-0.05, 0) is 111 Å². The maximum absolute atomic E-state index is 2.50. The van der Waals surface area contributed by atoms with Gasteiger partial charge in [-0.3, -0.25) is 0 Å². The van der Waals surface area contributed by atoms with Crippen molar-refractivity contribution in [2.75, 3.05) is 0 Å². The molecule has 0 saturated carbocycles. The molecule has 0 fully saturated rings. The summed E-state index contributed by atoms with van der Waals surface area (Å²) < 4.78 is 2.50. The van der Waals surface area contributed by atoms with Crippen molar-refractivity contribution >= 4 is 21.8 Å². The summed E-state index contributed by atoms with van der Waals surface area (Å²) in [5, 5.41) is 2.59. The number of aromatic nitrogens is 1. The molecular weight excluding hydrogens is 482 g/mol. The molecule has 6 rings (SSSR count). The molecule has 0 N–H and O–H groups in total. The summed E-state index contributed by atoms with van der Waals surface area (Å²) in [4.78, 5) is 0. The van der Waals surface area contributed by atoms with Crippen molar-refractivity contribution in [1.82, 2.24) is 4.57 Å². The highest BCUT2D eigenvalue weighted by atomic mass is 15.0. The Morgan fingerprint density at radius 2 is 0.850 bits per heavy atom. The van der Waals surface area contributed by atoms with Crippen molar-refractivity contribution in [2.45, 2.75) is 61.3 Å². The van der Waals surface area contributed by atoms with Gasteiger partial charge in [0, 0.05) is 10.8 Å². The van der Waals surface area contributed by atoms with Gasteiger partial charge in [-0.2, -0.15) is 0 Å². The predicted octanol–water partition coefficient (Wildman–Crippen LogP) is 11.1. The minimum absolute atomic E-state index is 0.505. The molecule has 40 heavy (non-hydrogen) atoms. The van der Waals surface area contributed by atoms with Crippen LogP contribution in [0.5, 0.6) is 0 Å². The van der Waals surface area contributed by atoms with Crippen LogP contribution in [0.4, 0.5) is 0 Å². The van der Waals surface area contributed by atoms with Crippen LogP contribution < -0.4 is 0 Å². The lowest BCUT2D eigenvalue weighted by Crippen LogP contribution is -2.02. The van der Waals surface area contributed by atoms with E-state index in [4.69, 9.17) is 0 Å². The van der Waals surface area contributed by atoms with Crippen LogP contribution in [-0.4, -0.2) is 4.57 Å². The second-order valence-corrected chi connectivity index (χ2v) is 12.2. The standard InChI is InChI=1S/C39H39N/c1-23(2)32-19-28(7)39(29(8)20-32)40-37-11-9-30(33-15-24(3)13-25(4)16-33)21-35(37)36-22-31(10-12-38(36)40)34-17-26(5)14-27(6)18-34/h9-23H,1-8H3. The molecule has 200 valence electrons. The SMILES string of the molecule is Cc1cc(C)cc(-c2ccc3c(c2)c2cc(-c4cc(C)cc(C)c4)ccc2n3-c2c(C)cc(C(C)C)cc2C)c1. The molecule has 1 nitrogen and oxygen atoms in total. The lowest BCUT2D eigenvalue weighted by Gasteiger charge is -2.18. The number of nitrogens with zero attached hydrogens (tertiary/aromatic N) is 1. The van der Waals surface area contributed by atoms with Gasteiger partial charge in [0.05, 0.1) is 16.7 Å². The van der Waals surface area contributed by atoms with Crippen LogP contribution in [0, 0.1) is 41.5 Å². The molecule has 0 spiro atoms. The van der Waals surface area contributed by atoms with Gasteiger partial charge in [0.15, 0.2) is 0 Å². The Hall–Kier alpha value is -4.10. The lowest BCUT2D eigenvalue weighted by molar-refractivity contribution is 0.861. The van der Waals surface area contributed by atoms with Crippen LogP contribution in [0.2, 0.25) is 0 Å². The molecule has 0 aliphatic rings. The molecule has 0 saturated heterocycles. The van der Waals surface area contributed by atoms with Gasteiger partial charge < -0.3 is 4.57 Å². The molecule has 0 radical (unpaired) electrons. The van der Waals surface area contributed by atoms with E-state index in [9.17, 15) is 0 Å². The van der Waals surface area contributed by atoms with E-state index in [2.05, 4.69) is 145 Å². The van der Waals surface area contributed by atoms with E-state index in [0.29, 0.717) is 5.92 Å². The van der Waals surface area contributed by atoms with Crippen LogP contribution >= 0.6 is 0 Å². The minimum Gasteiger partial charge on any atom is -0.309 e. The smallest absolute Gasteiger partial charge is 0.0541 e. The summed E-state index contributed by atoms with van der Waals surface area (Å²) in [5.41, 5.74) is 18.1. The molecule has 1 heteroatoms. The van der Waals surface area contributed by atoms with E-state index in [1.54, 1.807) is 0 Å². The van der Waals surface area contributed by atoms with E-state index in [1.807, 2.05) is 0 Å². The van der Waals surface area contributed by atoms with Crippen LogP contribution in [-0.2, 0) is 0 Å². The number of fused-ring (bicyclic) bond motifs is 3. The Morgan fingerprint density at radius 1 is 0.450 bits per heavy atom. The first-order valence-electron chi connectivity index (χ1n) is 14.5. The first kappa shape index (κ1) is 26.1. The van der Waals surface area contributed by atoms with Gasteiger partial charge in [-0.25, -0.2) is 0 Å². The van der Waals surface area contributed by atoms with Crippen LogP contribution in [0.25, 0.3) is 49.7 Å². The minimum atomic E-state index is 0.505. The number of hydrogen-bond acceptors (Lipinski definition) is 0. The number of aryl methyl sites for hydroxylation is 6. The Kier molecular flexibility index (Phi) is 6.42. The lowest BCUT2D eigenvalue weighted by atomic mass is 9.96. The van der Waals surface area contributed by atoms with Crippen LogP contribution in [0.15, 0.2) is 84.9 Å². The average molecular weight is 522 g/mol. The van der Waals surface area contributed by atoms with Crippen LogP contribution in [0.1, 0.15) is 58.7 Å². The van der Waals surface area contributed by atoms with Gasteiger partial charge in [0.25, 0.3) is 0 Å². The predicted molar refractivity (Wildman–Crippen MR) is 174 cm³/mol. The molecule has 0 aliphatic carbocycles. The summed E-state index contributed by atoms with van der Waals surface area (Å²) >= 11 is 0. The molecule has 1 heterocycles. The van der Waals surface area contributed by atoms with E-state index in [1.165, 1.54) is 88.7 Å². The van der Waals surface area contributed by atoms with Crippen molar-refractivity contribution in [1.29, 1.82) is 0 Å². The molecule has 0 aliphatic heterocycles. The molecule has 0 bridgehead atoms. The first-order valence-corrected chi connectivity index (χ1v) is 14.5. The third-order valence-corrected chi connectivity index (χ3v) is 8.28. The van der Waals surface area contributed by atoms with Crippen molar-refractivity contribution in [3.8, 4) is 27.9 Å². The second kappa shape index (κ2) is 9.82. The summed E-state index contributed by atoms with van der Waals surface area (Å²) in [5.74, 6) is 0.505. The van der Waals surface area contributed by atoms with E-state index in [-0.39, 0.29) is 0 Å². The highest BCUT2D eigenvalue weighted by Gasteiger charge is 2.18. The maximum atomic E-state index is 2.50. The summed E-state index contributed by atoms with van der Waals surface area (Å²) in [6, 6.07) is 32.5. The summed E-state index contributed by atoms with van der Waals surface area (Å²) in [7, 11) is 0. The zero-order valence-electron chi connectivity index (χ0n) is 25.1. The number of hydrogen-bond donors (Lipinski definition) is 0. The summed E-state index contributed by atoms with van der Waals surface area (Å²) in [6.45, 7) is 17.8. The number of benzene rings is 5. The second-order valence-electron chi connectivity index (χ2n) is 12.2. The van der Waals surface area contributed by atoms with Gasteiger partial charge in [-0.15, -0.1) is 0 Å². The van der Waals surface area contributed by atoms with Crippen molar-refractivity contribution in [3.05, 3.63) is 124 Å². The Morgan fingerprint density at radius 3 is 1.23 bits per heavy atom. The summed E-state index contributed by atoms with van der Waals surface area (Å²) in [6.07, 6.45) is 0. The van der Waals surface area contributed by atoms with E-state index in [0.717, 1.165) is 0 Å². The Labute approximate surface area is 239 Å². The quantitative estimate of drug-likeness (QED) is 0.217. The number of rotatable bonds is 4. The Bertz CT molecular complexity index is 1760. The highest BCUT2D eigenvalue weighted by molar-refractivity contribution is 6.11. The molecule has 5 aromatic carbocycles. The van der Waals surface area contributed by atoms with Gasteiger partial charge >= 0.3 is 0 Å². The molecule has 0 unspecified atom stereocenters. The fourth-order valence-corrected chi connectivity index (χ4v) is 6.58. The fraction of sp³-hybridized carbons (Fsp3) is 0.231. The van der Waals surface area contributed by atoms with Crippen LogP contribution in [0.3, 0.4) is 0 Å². The molecule has 1 aromatic heterocycles. The zero-order valence-corrected chi connectivity index (χ0v) is 25.1. The third-order valence-electron chi connectivity index (χ3n) is 8.28. The fourth-order valence-electron chi connectivity index (χ4n) is 6.58. The monoisotopic (exact) mass is 521 g/mol. The van der Waals surface area contributed by atoms with Crippen molar-refractivity contribution in [3.63, 3.8) is 0 Å². The molecule has 6 aromatic rings. The molecular formula is C39H39N. The maximum Gasteiger partial charge on any atom is 0.0541 e. The molecule has 0 atom stereocenters. The Balaban J connectivity index is 1.68. The van der Waals surface area contributed by atoms with Crippen molar-refractivity contribution < 1.29 is 0 Å². The van der Waals surface area contributed by atoms with Gasteiger partial charge in [0.2, 0.25) is 0 Å². The molecule has 0 amide bonds. The van der Waals surface area contributed by atoms with E-state index < -0.39 is 0 Å². The van der Waals surface area contributed by atoms with Gasteiger partial charge in [-0.1, -0.05) is 96.8 Å². The third kappa shape index (κ3) is 4.54. The van der Waals surface area contributed by atoms with Gasteiger partial charge in [0.1, 0.15) is 0 Å².